The summed E-state index contributed by atoms with van der Waals surface area (Å²) in [5.74, 6) is 0.208. The molecule has 1 aliphatic rings. The van der Waals surface area contributed by atoms with Crippen molar-refractivity contribution in [2.45, 2.75) is 13.3 Å². The molecule has 0 spiro atoms. The number of alkyl halides is 2. The maximum atomic E-state index is 12.7. The summed E-state index contributed by atoms with van der Waals surface area (Å²) in [4.78, 5) is 11.2. The molecule has 0 bridgehead atoms. The van der Waals surface area contributed by atoms with E-state index in [-0.39, 0.29) is 16.9 Å². The Morgan fingerprint density at radius 2 is 1.81 bits per heavy atom. The highest BCUT2D eigenvalue weighted by molar-refractivity contribution is 5.96. The van der Waals surface area contributed by atoms with Crippen LogP contribution in [-0.4, -0.2) is 19.0 Å². The molecule has 5 heteroatoms. The topological polar surface area (TPSA) is 35.5 Å². The average Bonchev–Trinajstić information content (AvgIpc) is 2.27. The summed E-state index contributed by atoms with van der Waals surface area (Å²) in [6, 6.07) is 2.49. The third-order valence-electron chi connectivity index (χ3n) is 2.33. The van der Waals surface area contributed by atoms with Crippen molar-refractivity contribution in [3.8, 4) is 11.5 Å². The molecule has 0 amide bonds. The second-order valence-electron chi connectivity index (χ2n) is 3.44. The SMILES string of the molecule is CC(=O)c1cc2c(cc1C(F)F)OCCO2. The number of fused-ring (bicyclic) bond motifs is 1. The third kappa shape index (κ3) is 1.85. The molecule has 3 nitrogen and oxygen atoms in total. The standard InChI is InChI=1S/C11H10F2O3/c1-6(14)7-4-9-10(16-3-2-15-9)5-8(7)11(12)13/h4-5,11H,2-3H2,1H3. The zero-order valence-electron chi connectivity index (χ0n) is 8.63. The van der Waals surface area contributed by atoms with Gasteiger partial charge in [-0.3, -0.25) is 4.79 Å². The van der Waals surface area contributed by atoms with Crippen LogP contribution in [0.2, 0.25) is 0 Å². The molecule has 0 atom stereocenters. The molecule has 0 radical (unpaired) electrons. The van der Waals surface area contributed by atoms with Crippen molar-refractivity contribution >= 4 is 5.78 Å². The summed E-state index contributed by atoms with van der Waals surface area (Å²) < 4.78 is 35.8. The number of benzene rings is 1. The van der Waals surface area contributed by atoms with E-state index in [2.05, 4.69) is 0 Å². The Balaban J connectivity index is 2.54. The van der Waals surface area contributed by atoms with E-state index in [0.717, 1.165) is 0 Å². The molecule has 0 aliphatic carbocycles. The quantitative estimate of drug-likeness (QED) is 0.730. The number of ketones is 1. The third-order valence-corrected chi connectivity index (χ3v) is 2.33. The Hall–Kier alpha value is -1.65. The normalized spacial score (nSPS) is 14.0. The van der Waals surface area contributed by atoms with Crippen LogP contribution >= 0.6 is 0 Å². The highest BCUT2D eigenvalue weighted by Gasteiger charge is 2.22. The van der Waals surface area contributed by atoms with Gasteiger partial charge in [0.1, 0.15) is 13.2 Å². The Morgan fingerprint density at radius 1 is 1.25 bits per heavy atom. The maximum Gasteiger partial charge on any atom is 0.264 e. The molecule has 0 saturated carbocycles. The molecule has 0 saturated heterocycles. The van der Waals surface area contributed by atoms with E-state index in [1.807, 2.05) is 0 Å². The van der Waals surface area contributed by atoms with Crippen molar-refractivity contribution in [1.82, 2.24) is 0 Å². The average molecular weight is 228 g/mol. The number of hydrogen-bond acceptors (Lipinski definition) is 3. The molecule has 0 fully saturated rings. The van der Waals surface area contributed by atoms with Crippen LogP contribution in [0.4, 0.5) is 8.78 Å². The molecule has 1 aliphatic heterocycles. The van der Waals surface area contributed by atoms with Gasteiger partial charge in [-0.25, -0.2) is 8.78 Å². The first-order valence-corrected chi connectivity index (χ1v) is 4.82. The number of ether oxygens (including phenoxy) is 2. The van der Waals surface area contributed by atoms with Gasteiger partial charge in [-0.15, -0.1) is 0 Å². The van der Waals surface area contributed by atoms with Crippen LogP contribution < -0.4 is 9.47 Å². The van der Waals surface area contributed by atoms with E-state index >= 15 is 0 Å². The monoisotopic (exact) mass is 228 g/mol. The fraction of sp³-hybridized carbons (Fsp3) is 0.364. The van der Waals surface area contributed by atoms with Crippen molar-refractivity contribution in [3.05, 3.63) is 23.3 Å². The Labute approximate surface area is 91.0 Å². The molecular formula is C11H10F2O3. The zero-order chi connectivity index (χ0) is 11.7. The van der Waals surface area contributed by atoms with Crippen LogP contribution in [0.3, 0.4) is 0 Å². The van der Waals surface area contributed by atoms with Crippen molar-refractivity contribution in [1.29, 1.82) is 0 Å². The maximum absolute atomic E-state index is 12.7. The van der Waals surface area contributed by atoms with Gasteiger partial charge in [-0.05, 0) is 19.1 Å². The van der Waals surface area contributed by atoms with Gasteiger partial charge in [0.15, 0.2) is 17.3 Å². The molecule has 1 heterocycles. The number of hydrogen-bond donors (Lipinski definition) is 0. The lowest BCUT2D eigenvalue weighted by Gasteiger charge is -2.20. The predicted octanol–water partition coefficient (Wildman–Crippen LogP) is 2.60. The van der Waals surface area contributed by atoms with Crippen molar-refractivity contribution < 1.29 is 23.0 Å². The van der Waals surface area contributed by atoms with E-state index < -0.39 is 12.2 Å². The first kappa shape index (κ1) is 10.9. The van der Waals surface area contributed by atoms with E-state index in [1.54, 1.807) is 0 Å². The minimum Gasteiger partial charge on any atom is -0.486 e. The smallest absolute Gasteiger partial charge is 0.264 e. The number of Topliss-reactive ketones (excluding diaryl/α,β-unsaturated/α-hetero) is 1. The lowest BCUT2D eigenvalue weighted by atomic mass is 10.0. The molecule has 1 aromatic carbocycles. The molecule has 1 aromatic rings. The van der Waals surface area contributed by atoms with Gasteiger partial charge in [-0.2, -0.15) is 0 Å². The van der Waals surface area contributed by atoms with E-state index in [1.165, 1.54) is 19.1 Å². The summed E-state index contributed by atoms with van der Waals surface area (Å²) in [7, 11) is 0. The van der Waals surface area contributed by atoms with Crippen molar-refractivity contribution in [3.63, 3.8) is 0 Å². The van der Waals surface area contributed by atoms with Crippen LogP contribution in [0.1, 0.15) is 29.3 Å². The van der Waals surface area contributed by atoms with Crippen LogP contribution in [0.15, 0.2) is 12.1 Å². The molecule has 0 aromatic heterocycles. The highest BCUT2D eigenvalue weighted by atomic mass is 19.3. The summed E-state index contributed by atoms with van der Waals surface area (Å²) in [5, 5.41) is 0. The number of carbonyl (C=O) groups excluding carboxylic acids is 1. The van der Waals surface area contributed by atoms with Gasteiger partial charge < -0.3 is 9.47 Å². The Morgan fingerprint density at radius 3 is 2.31 bits per heavy atom. The fourth-order valence-electron chi connectivity index (χ4n) is 1.59. The summed E-state index contributed by atoms with van der Waals surface area (Å²) >= 11 is 0. The van der Waals surface area contributed by atoms with Gasteiger partial charge in [0.2, 0.25) is 0 Å². The Kier molecular flexibility index (Phi) is 2.77. The zero-order valence-corrected chi connectivity index (χ0v) is 8.63. The molecule has 0 unspecified atom stereocenters. The van der Waals surface area contributed by atoms with E-state index in [4.69, 9.17) is 9.47 Å². The van der Waals surface area contributed by atoms with Gasteiger partial charge in [-0.1, -0.05) is 0 Å². The molecule has 16 heavy (non-hydrogen) atoms. The number of halogens is 2. The lowest BCUT2D eigenvalue weighted by molar-refractivity contribution is 0.0996. The van der Waals surface area contributed by atoms with Crippen molar-refractivity contribution in [2.75, 3.05) is 13.2 Å². The van der Waals surface area contributed by atoms with Gasteiger partial charge in [0.25, 0.3) is 6.43 Å². The molecular weight excluding hydrogens is 218 g/mol. The predicted molar refractivity (Wildman–Crippen MR) is 52.4 cm³/mol. The number of carbonyl (C=O) groups is 1. The summed E-state index contributed by atoms with van der Waals surface area (Å²) in [6.45, 7) is 1.94. The van der Waals surface area contributed by atoms with E-state index in [0.29, 0.717) is 19.0 Å². The van der Waals surface area contributed by atoms with Crippen LogP contribution in [-0.2, 0) is 0 Å². The minimum atomic E-state index is -2.70. The van der Waals surface area contributed by atoms with E-state index in [9.17, 15) is 13.6 Å². The first-order chi connectivity index (χ1) is 7.59. The van der Waals surface area contributed by atoms with Crippen LogP contribution in [0.5, 0.6) is 11.5 Å². The molecule has 0 N–H and O–H groups in total. The first-order valence-electron chi connectivity index (χ1n) is 4.82. The second kappa shape index (κ2) is 4.08. The fourth-order valence-corrected chi connectivity index (χ4v) is 1.59. The second-order valence-corrected chi connectivity index (χ2v) is 3.44. The minimum absolute atomic E-state index is 0.0146. The van der Waals surface area contributed by atoms with Crippen molar-refractivity contribution in [2.24, 2.45) is 0 Å². The lowest BCUT2D eigenvalue weighted by Crippen LogP contribution is -2.16. The Bertz CT molecular complexity index is 429. The van der Waals surface area contributed by atoms with Crippen LogP contribution in [0.25, 0.3) is 0 Å². The van der Waals surface area contributed by atoms with Gasteiger partial charge >= 0.3 is 0 Å². The largest absolute Gasteiger partial charge is 0.486 e. The van der Waals surface area contributed by atoms with Crippen LogP contribution in [0, 0.1) is 0 Å². The van der Waals surface area contributed by atoms with Gasteiger partial charge in [0, 0.05) is 11.1 Å². The van der Waals surface area contributed by atoms with Gasteiger partial charge in [0.05, 0.1) is 0 Å². The highest BCUT2D eigenvalue weighted by Crippen LogP contribution is 2.36. The molecule has 2 rings (SSSR count). The number of rotatable bonds is 2. The summed E-state index contributed by atoms with van der Waals surface area (Å²) in [5.41, 5.74) is -0.323. The summed E-state index contributed by atoms with van der Waals surface area (Å²) in [6.07, 6.45) is -2.70. The molecule has 86 valence electrons.